The molecule has 1 fully saturated rings. The van der Waals surface area contributed by atoms with Crippen LogP contribution in [0.25, 0.3) is 0 Å². The molecule has 0 bridgehead atoms. The van der Waals surface area contributed by atoms with Gasteiger partial charge in [0, 0.05) is 17.9 Å². The Labute approximate surface area is 72.8 Å². The van der Waals surface area contributed by atoms with Gasteiger partial charge in [-0.1, -0.05) is 0 Å². The first kappa shape index (κ1) is 7.74. The molecule has 0 spiro atoms. The van der Waals surface area contributed by atoms with Crippen molar-refractivity contribution in [2.45, 2.75) is 31.7 Å². The van der Waals surface area contributed by atoms with Gasteiger partial charge in [-0.2, -0.15) is 0 Å². The lowest BCUT2D eigenvalue weighted by Crippen LogP contribution is -2.43. The molecule has 0 aliphatic heterocycles. The van der Waals surface area contributed by atoms with Crippen LogP contribution in [-0.4, -0.2) is 4.98 Å². The van der Waals surface area contributed by atoms with E-state index in [4.69, 9.17) is 5.73 Å². The van der Waals surface area contributed by atoms with Gasteiger partial charge in [0.1, 0.15) is 0 Å². The van der Waals surface area contributed by atoms with E-state index >= 15 is 0 Å². The summed E-state index contributed by atoms with van der Waals surface area (Å²) in [6.07, 6.45) is 7.23. The van der Waals surface area contributed by atoms with Gasteiger partial charge in [-0.25, -0.2) is 0 Å². The van der Waals surface area contributed by atoms with Crippen LogP contribution in [0.3, 0.4) is 0 Å². The van der Waals surface area contributed by atoms with E-state index in [1.54, 1.807) is 0 Å². The number of aromatic nitrogens is 1. The second-order valence-electron chi connectivity index (χ2n) is 3.70. The lowest BCUT2D eigenvalue weighted by atomic mass is 9.72. The third-order valence-corrected chi connectivity index (χ3v) is 2.80. The second kappa shape index (κ2) is 2.56. The van der Waals surface area contributed by atoms with Crippen LogP contribution in [0.1, 0.15) is 30.4 Å². The average molecular weight is 162 g/mol. The number of nitrogens with zero attached hydrogens (tertiary/aromatic N) is 1. The number of hydrogen-bond donors (Lipinski definition) is 1. The average Bonchev–Trinajstić information content (AvgIpc) is 2.01. The molecule has 12 heavy (non-hydrogen) atoms. The lowest BCUT2D eigenvalue weighted by molar-refractivity contribution is 0.252. The standard InChI is InChI=1S/C10H14N2/c1-8-7-12-6-3-9(8)10(11)4-2-5-10/h3,6-7H,2,4-5,11H2,1H3. The highest BCUT2D eigenvalue weighted by Gasteiger charge is 2.35. The van der Waals surface area contributed by atoms with Gasteiger partial charge < -0.3 is 5.73 Å². The molecule has 0 aromatic carbocycles. The van der Waals surface area contributed by atoms with E-state index < -0.39 is 0 Å². The van der Waals surface area contributed by atoms with Crippen LogP contribution in [-0.2, 0) is 5.54 Å². The number of hydrogen-bond acceptors (Lipinski definition) is 2. The molecule has 1 aromatic rings. The molecule has 0 unspecified atom stereocenters. The van der Waals surface area contributed by atoms with E-state index in [1.165, 1.54) is 17.5 Å². The molecular weight excluding hydrogens is 148 g/mol. The molecule has 0 amide bonds. The van der Waals surface area contributed by atoms with Crippen LogP contribution >= 0.6 is 0 Å². The Morgan fingerprint density at radius 2 is 2.25 bits per heavy atom. The van der Waals surface area contributed by atoms with Crippen LogP contribution in [0.4, 0.5) is 0 Å². The smallest absolute Gasteiger partial charge is 0.0413 e. The molecule has 1 heterocycles. The summed E-state index contributed by atoms with van der Waals surface area (Å²) in [5.41, 5.74) is 8.67. The molecule has 2 rings (SSSR count). The minimum Gasteiger partial charge on any atom is -0.321 e. The highest BCUT2D eigenvalue weighted by Crippen LogP contribution is 2.39. The van der Waals surface area contributed by atoms with Gasteiger partial charge in [-0.05, 0) is 43.4 Å². The monoisotopic (exact) mass is 162 g/mol. The maximum atomic E-state index is 6.20. The van der Waals surface area contributed by atoms with Gasteiger partial charge in [0.2, 0.25) is 0 Å². The van der Waals surface area contributed by atoms with E-state index in [9.17, 15) is 0 Å². The molecule has 1 saturated carbocycles. The van der Waals surface area contributed by atoms with Crippen LogP contribution in [0.5, 0.6) is 0 Å². The summed E-state index contributed by atoms with van der Waals surface area (Å²) in [4.78, 5) is 4.06. The van der Waals surface area contributed by atoms with Crippen molar-refractivity contribution in [3.05, 3.63) is 29.6 Å². The van der Waals surface area contributed by atoms with Gasteiger partial charge in [0.15, 0.2) is 0 Å². The van der Waals surface area contributed by atoms with Crippen molar-refractivity contribution in [1.29, 1.82) is 0 Å². The molecule has 2 heteroatoms. The number of rotatable bonds is 1. The van der Waals surface area contributed by atoms with E-state index in [1.807, 2.05) is 12.4 Å². The lowest BCUT2D eigenvalue weighted by Gasteiger charge is -2.39. The fourth-order valence-electron chi connectivity index (χ4n) is 1.86. The summed E-state index contributed by atoms with van der Waals surface area (Å²) in [5, 5.41) is 0. The summed E-state index contributed by atoms with van der Waals surface area (Å²) in [6, 6.07) is 2.05. The Hall–Kier alpha value is -0.890. The topological polar surface area (TPSA) is 38.9 Å². The van der Waals surface area contributed by atoms with Gasteiger partial charge in [-0.3, -0.25) is 4.98 Å². The fraction of sp³-hybridized carbons (Fsp3) is 0.500. The number of nitrogens with two attached hydrogens (primary N) is 1. The zero-order valence-electron chi connectivity index (χ0n) is 7.38. The summed E-state index contributed by atoms with van der Waals surface area (Å²) in [5.74, 6) is 0. The fourth-order valence-corrected chi connectivity index (χ4v) is 1.86. The van der Waals surface area contributed by atoms with Gasteiger partial charge in [0.25, 0.3) is 0 Å². The van der Waals surface area contributed by atoms with Crippen molar-refractivity contribution in [3.63, 3.8) is 0 Å². The first-order valence-electron chi connectivity index (χ1n) is 4.42. The third kappa shape index (κ3) is 1.03. The Morgan fingerprint density at radius 1 is 1.50 bits per heavy atom. The molecule has 64 valence electrons. The van der Waals surface area contributed by atoms with Crippen molar-refractivity contribution in [1.82, 2.24) is 4.98 Å². The van der Waals surface area contributed by atoms with Crippen molar-refractivity contribution < 1.29 is 0 Å². The van der Waals surface area contributed by atoms with Crippen molar-refractivity contribution in [2.75, 3.05) is 0 Å². The van der Waals surface area contributed by atoms with Crippen LogP contribution in [0.2, 0.25) is 0 Å². The Balaban J connectivity index is 2.39. The van der Waals surface area contributed by atoms with E-state index in [2.05, 4.69) is 18.0 Å². The Kier molecular flexibility index (Phi) is 1.65. The van der Waals surface area contributed by atoms with E-state index in [0.29, 0.717) is 0 Å². The molecule has 1 aromatic heterocycles. The predicted octanol–water partition coefficient (Wildman–Crippen LogP) is 1.73. The maximum absolute atomic E-state index is 6.20. The quantitative estimate of drug-likeness (QED) is 0.683. The van der Waals surface area contributed by atoms with Crippen molar-refractivity contribution >= 4 is 0 Å². The zero-order valence-corrected chi connectivity index (χ0v) is 7.38. The maximum Gasteiger partial charge on any atom is 0.0413 e. The molecule has 2 N–H and O–H groups in total. The molecule has 1 aliphatic carbocycles. The SMILES string of the molecule is Cc1cnccc1C1(N)CCC1. The largest absolute Gasteiger partial charge is 0.321 e. The summed E-state index contributed by atoms with van der Waals surface area (Å²) < 4.78 is 0. The molecule has 0 radical (unpaired) electrons. The predicted molar refractivity (Wildman–Crippen MR) is 48.7 cm³/mol. The highest BCUT2D eigenvalue weighted by atomic mass is 14.8. The number of aryl methyl sites for hydroxylation is 1. The summed E-state index contributed by atoms with van der Waals surface area (Å²) in [7, 11) is 0. The normalized spacial score (nSPS) is 20.2. The second-order valence-corrected chi connectivity index (χ2v) is 3.70. The summed E-state index contributed by atoms with van der Waals surface area (Å²) >= 11 is 0. The summed E-state index contributed by atoms with van der Waals surface area (Å²) in [6.45, 7) is 2.08. The Bertz CT molecular complexity index is 290. The molecule has 0 atom stereocenters. The van der Waals surface area contributed by atoms with Gasteiger partial charge >= 0.3 is 0 Å². The van der Waals surface area contributed by atoms with Crippen molar-refractivity contribution in [2.24, 2.45) is 5.73 Å². The van der Waals surface area contributed by atoms with Crippen molar-refractivity contribution in [3.8, 4) is 0 Å². The van der Waals surface area contributed by atoms with Crippen LogP contribution in [0, 0.1) is 6.92 Å². The van der Waals surface area contributed by atoms with Gasteiger partial charge in [0.05, 0.1) is 0 Å². The Morgan fingerprint density at radius 3 is 2.75 bits per heavy atom. The minimum atomic E-state index is -0.0347. The van der Waals surface area contributed by atoms with Gasteiger partial charge in [-0.15, -0.1) is 0 Å². The minimum absolute atomic E-state index is 0.0347. The molecule has 0 saturated heterocycles. The molecular formula is C10H14N2. The number of pyridine rings is 1. The third-order valence-electron chi connectivity index (χ3n) is 2.80. The van der Waals surface area contributed by atoms with E-state index in [-0.39, 0.29) is 5.54 Å². The van der Waals surface area contributed by atoms with Crippen LogP contribution < -0.4 is 5.73 Å². The zero-order chi connectivity index (χ0) is 8.60. The molecule has 2 nitrogen and oxygen atoms in total. The highest BCUT2D eigenvalue weighted by molar-refractivity contribution is 5.31. The first-order chi connectivity index (χ1) is 5.72. The van der Waals surface area contributed by atoms with E-state index in [0.717, 1.165) is 12.8 Å². The molecule has 1 aliphatic rings. The first-order valence-corrected chi connectivity index (χ1v) is 4.42. The van der Waals surface area contributed by atoms with Crippen LogP contribution in [0.15, 0.2) is 18.5 Å².